The lowest BCUT2D eigenvalue weighted by molar-refractivity contribution is 0.0687. The number of hydrogen-bond acceptors (Lipinski definition) is 5. The highest BCUT2D eigenvalue weighted by molar-refractivity contribution is 5.88. The number of nitrogens with zero attached hydrogens (tertiary/aromatic N) is 3. The molecule has 0 aliphatic heterocycles. The van der Waals surface area contributed by atoms with Gasteiger partial charge < -0.3 is 9.84 Å². The molecule has 7 heteroatoms. The quantitative estimate of drug-likeness (QED) is 0.593. The van der Waals surface area contributed by atoms with E-state index in [4.69, 9.17) is 9.84 Å². The molecule has 0 radical (unpaired) electrons. The molecule has 0 saturated carbocycles. The summed E-state index contributed by atoms with van der Waals surface area (Å²) < 4.78 is 5.48. The van der Waals surface area contributed by atoms with Gasteiger partial charge in [0.05, 0.1) is 0 Å². The Kier molecular flexibility index (Phi) is 3.59. The molecule has 2 aromatic heterocycles. The Bertz CT molecular complexity index is 1060. The van der Waals surface area contributed by atoms with Gasteiger partial charge >= 0.3 is 5.97 Å². The molecule has 2 heterocycles. The van der Waals surface area contributed by atoms with Gasteiger partial charge in [-0.3, -0.25) is 4.98 Å². The molecular formula is C18H12N4O3. The van der Waals surface area contributed by atoms with Crippen molar-refractivity contribution in [3.63, 3.8) is 0 Å². The number of fused-ring (bicyclic) bond motifs is 1. The van der Waals surface area contributed by atoms with Gasteiger partial charge in [-0.1, -0.05) is 34.6 Å². The minimum Gasteiger partial charge on any atom is -0.476 e. The van der Waals surface area contributed by atoms with Crippen LogP contribution in [0.5, 0.6) is 11.6 Å². The molecule has 2 N–H and O–H groups in total. The number of aromatic amines is 1. The number of rotatable bonds is 4. The van der Waals surface area contributed by atoms with Gasteiger partial charge in [0.25, 0.3) is 5.88 Å². The highest BCUT2D eigenvalue weighted by atomic mass is 16.5. The first-order valence-corrected chi connectivity index (χ1v) is 7.47. The highest BCUT2D eigenvalue weighted by Crippen LogP contribution is 2.28. The Balaban J connectivity index is 1.60. The molecule has 25 heavy (non-hydrogen) atoms. The third-order valence-corrected chi connectivity index (χ3v) is 3.77. The second kappa shape index (κ2) is 6.04. The van der Waals surface area contributed by atoms with Gasteiger partial charge in [-0.25, -0.2) is 9.89 Å². The Morgan fingerprint density at radius 3 is 2.60 bits per heavy atom. The molecule has 4 rings (SSSR count). The highest BCUT2D eigenvalue weighted by Gasteiger charge is 2.16. The van der Waals surface area contributed by atoms with Crippen molar-refractivity contribution in [3.05, 3.63) is 66.6 Å². The third kappa shape index (κ3) is 2.90. The van der Waals surface area contributed by atoms with Crippen molar-refractivity contribution in [2.45, 2.75) is 0 Å². The van der Waals surface area contributed by atoms with Gasteiger partial charge in [0.1, 0.15) is 5.75 Å². The summed E-state index contributed by atoms with van der Waals surface area (Å²) in [4.78, 5) is 15.1. The molecule has 122 valence electrons. The average molecular weight is 332 g/mol. The zero-order chi connectivity index (χ0) is 17.2. The summed E-state index contributed by atoms with van der Waals surface area (Å²) >= 11 is 0. The van der Waals surface area contributed by atoms with Crippen LogP contribution in [-0.4, -0.2) is 31.5 Å². The van der Waals surface area contributed by atoms with E-state index < -0.39 is 5.97 Å². The summed E-state index contributed by atoms with van der Waals surface area (Å²) in [7, 11) is 0. The molecule has 2 aromatic carbocycles. The summed E-state index contributed by atoms with van der Waals surface area (Å²) in [5.74, 6) is -0.772. The Morgan fingerprint density at radius 2 is 1.80 bits per heavy atom. The van der Waals surface area contributed by atoms with Crippen molar-refractivity contribution in [1.82, 2.24) is 20.4 Å². The van der Waals surface area contributed by atoms with Crippen molar-refractivity contribution in [3.8, 4) is 22.8 Å². The van der Waals surface area contributed by atoms with Gasteiger partial charge in [-0.15, -0.1) is 0 Å². The van der Waals surface area contributed by atoms with Crippen LogP contribution in [0.3, 0.4) is 0 Å². The van der Waals surface area contributed by atoms with E-state index in [0.29, 0.717) is 5.75 Å². The predicted molar refractivity (Wildman–Crippen MR) is 90.6 cm³/mol. The SMILES string of the molecule is O=C(O)c1[nH]nnc1Oc1ccc(-c2ccc3cnccc3c2)cc1. The van der Waals surface area contributed by atoms with E-state index in [-0.39, 0.29) is 11.6 Å². The number of carboxylic acid groups (broad SMARTS) is 1. The first-order valence-electron chi connectivity index (χ1n) is 7.47. The molecule has 0 spiro atoms. The van der Waals surface area contributed by atoms with E-state index in [1.165, 1.54) is 0 Å². The monoisotopic (exact) mass is 332 g/mol. The van der Waals surface area contributed by atoms with Crippen molar-refractivity contribution in [2.24, 2.45) is 0 Å². The van der Waals surface area contributed by atoms with Crippen LogP contribution in [0.4, 0.5) is 0 Å². The smallest absolute Gasteiger partial charge is 0.359 e. The molecule has 0 atom stereocenters. The summed E-state index contributed by atoms with van der Waals surface area (Å²) in [6, 6.07) is 15.4. The molecule has 0 bridgehead atoms. The topological polar surface area (TPSA) is 101 Å². The number of carboxylic acids is 1. The number of H-pyrrole nitrogens is 1. The van der Waals surface area contributed by atoms with Crippen LogP contribution in [-0.2, 0) is 0 Å². The summed E-state index contributed by atoms with van der Waals surface area (Å²) in [6.45, 7) is 0. The van der Waals surface area contributed by atoms with E-state index in [2.05, 4.69) is 26.5 Å². The second-order valence-electron chi connectivity index (χ2n) is 5.36. The molecule has 0 fully saturated rings. The number of benzene rings is 2. The predicted octanol–water partition coefficient (Wildman–Crippen LogP) is 3.51. The normalized spacial score (nSPS) is 10.7. The third-order valence-electron chi connectivity index (χ3n) is 3.77. The number of pyridine rings is 1. The molecule has 0 aliphatic rings. The van der Waals surface area contributed by atoms with Crippen LogP contribution in [0.1, 0.15) is 10.5 Å². The molecule has 0 unspecified atom stereocenters. The van der Waals surface area contributed by atoms with Gasteiger partial charge in [0.2, 0.25) is 5.69 Å². The van der Waals surface area contributed by atoms with Crippen LogP contribution in [0.2, 0.25) is 0 Å². The van der Waals surface area contributed by atoms with Gasteiger partial charge in [-0.05, 0) is 40.8 Å². The van der Waals surface area contributed by atoms with Crippen LogP contribution >= 0.6 is 0 Å². The fourth-order valence-electron chi connectivity index (χ4n) is 2.52. The number of carbonyl (C=O) groups is 1. The van der Waals surface area contributed by atoms with E-state index in [1.807, 2.05) is 36.5 Å². The van der Waals surface area contributed by atoms with Gasteiger partial charge in [0.15, 0.2) is 0 Å². The first-order chi connectivity index (χ1) is 12.2. The van der Waals surface area contributed by atoms with E-state index in [0.717, 1.165) is 21.9 Å². The van der Waals surface area contributed by atoms with Crippen molar-refractivity contribution < 1.29 is 14.6 Å². The number of aromatic nitrogens is 4. The average Bonchev–Trinajstić information content (AvgIpc) is 3.10. The fraction of sp³-hybridized carbons (Fsp3) is 0. The van der Waals surface area contributed by atoms with Crippen molar-refractivity contribution in [2.75, 3.05) is 0 Å². The Hall–Kier alpha value is -3.74. The lowest BCUT2D eigenvalue weighted by atomic mass is 10.0. The van der Waals surface area contributed by atoms with Crippen molar-refractivity contribution in [1.29, 1.82) is 0 Å². The minimum atomic E-state index is -1.18. The zero-order valence-electron chi connectivity index (χ0n) is 12.9. The molecule has 0 saturated heterocycles. The maximum Gasteiger partial charge on any atom is 0.359 e. The number of hydrogen-bond donors (Lipinski definition) is 2. The van der Waals surface area contributed by atoms with E-state index >= 15 is 0 Å². The number of nitrogens with one attached hydrogen (secondary N) is 1. The molecule has 0 aliphatic carbocycles. The fourth-order valence-corrected chi connectivity index (χ4v) is 2.52. The molecule has 4 aromatic rings. The lowest BCUT2D eigenvalue weighted by Gasteiger charge is -2.06. The van der Waals surface area contributed by atoms with Gasteiger partial charge in [-0.2, -0.15) is 0 Å². The number of ether oxygens (including phenoxy) is 1. The second-order valence-corrected chi connectivity index (χ2v) is 5.36. The summed E-state index contributed by atoms with van der Waals surface area (Å²) in [6.07, 6.45) is 3.59. The number of aromatic carboxylic acids is 1. The van der Waals surface area contributed by atoms with Crippen LogP contribution in [0.15, 0.2) is 60.9 Å². The minimum absolute atomic E-state index is 0.0709. The first kappa shape index (κ1) is 14.8. The van der Waals surface area contributed by atoms with Crippen LogP contribution in [0.25, 0.3) is 21.9 Å². The molecule has 0 amide bonds. The van der Waals surface area contributed by atoms with E-state index in [9.17, 15) is 4.79 Å². The molecule has 7 nitrogen and oxygen atoms in total. The van der Waals surface area contributed by atoms with Crippen LogP contribution in [0, 0.1) is 0 Å². The van der Waals surface area contributed by atoms with Crippen LogP contribution < -0.4 is 4.74 Å². The van der Waals surface area contributed by atoms with Gasteiger partial charge in [0, 0.05) is 17.8 Å². The Morgan fingerprint density at radius 1 is 1.00 bits per heavy atom. The maximum absolute atomic E-state index is 11.0. The van der Waals surface area contributed by atoms with E-state index in [1.54, 1.807) is 18.3 Å². The standard InChI is InChI=1S/C18H12N4O3/c23-18(24)16-17(21-22-20-16)25-15-5-3-11(4-6-15)12-1-2-14-10-19-8-7-13(14)9-12/h1-10H,(H,23,24)(H,20,21,22). The molecular weight excluding hydrogens is 320 g/mol. The Labute approximate surface area is 141 Å². The summed E-state index contributed by atoms with van der Waals surface area (Å²) in [5.41, 5.74) is 1.90. The largest absolute Gasteiger partial charge is 0.476 e. The lowest BCUT2D eigenvalue weighted by Crippen LogP contribution is -1.99. The van der Waals surface area contributed by atoms with Crippen molar-refractivity contribution >= 4 is 16.7 Å². The summed E-state index contributed by atoms with van der Waals surface area (Å²) in [5, 5.41) is 20.6. The maximum atomic E-state index is 11.0. The zero-order valence-corrected chi connectivity index (χ0v) is 12.9.